The molecule has 0 spiro atoms. The van der Waals surface area contributed by atoms with Crippen LogP contribution in [0.2, 0.25) is 10.0 Å². The number of allylic oxidation sites excluding steroid dienone is 1. The number of halogens is 3. The largest absolute Gasteiger partial charge is 0.505 e. The number of nitrogens with zero attached hydrogens (tertiary/aromatic N) is 3. The molecule has 2 unspecified atom stereocenters. The van der Waals surface area contributed by atoms with Crippen molar-refractivity contribution in [1.82, 2.24) is 15.1 Å². The number of aromatic hydroxyl groups is 1. The van der Waals surface area contributed by atoms with Crippen LogP contribution in [0.25, 0.3) is 0 Å². The first-order valence-corrected chi connectivity index (χ1v) is 18.2. The number of fused-ring (bicyclic) bond motifs is 1. The van der Waals surface area contributed by atoms with E-state index in [0.717, 1.165) is 22.6 Å². The Morgan fingerprint density at radius 2 is 1.84 bits per heavy atom. The molecule has 51 heavy (non-hydrogen) atoms. The molecule has 4 N–H and O–H groups in total. The second-order valence-electron chi connectivity index (χ2n) is 11.7. The molecule has 0 saturated carbocycles. The summed E-state index contributed by atoms with van der Waals surface area (Å²) in [5.41, 5.74) is 1.56. The number of aromatic nitrogens is 1. The Hall–Kier alpha value is -4.57. The quantitative estimate of drug-likeness (QED) is 0.0745. The number of pyridine rings is 1. The number of amides is 4. The fourth-order valence-electron chi connectivity index (χ4n) is 5.73. The van der Waals surface area contributed by atoms with E-state index in [0.29, 0.717) is 39.1 Å². The van der Waals surface area contributed by atoms with Gasteiger partial charge in [-0.3, -0.25) is 24.1 Å². The Kier molecular flexibility index (Phi) is 10.9. The number of aliphatic carboxylic acids is 1. The third kappa shape index (κ3) is 8.17. The molecule has 2 aromatic carbocycles. The molecule has 264 valence electrons. The number of anilines is 1. The summed E-state index contributed by atoms with van der Waals surface area (Å²) in [4.78, 5) is 67.3. The molecular formula is C34H29Cl2FN5O7S2+. The fraction of sp³-hybridized carbons (Fsp3) is 0.235. The van der Waals surface area contributed by atoms with E-state index < -0.39 is 46.7 Å². The summed E-state index contributed by atoms with van der Waals surface area (Å²) >= 11 is 14.7. The monoisotopic (exact) mass is 772 g/mol. The summed E-state index contributed by atoms with van der Waals surface area (Å²) in [6.45, 7) is 0.639. The number of carbonyl (C=O) groups excluding carboxylic acids is 4. The van der Waals surface area contributed by atoms with Crippen LogP contribution < -0.4 is 15.2 Å². The lowest BCUT2D eigenvalue weighted by molar-refractivity contribution is -0.684. The van der Waals surface area contributed by atoms with Gasteiger partial charge in [0.15, 0.2) is 24.0 Å². The van der Waals surface area contributed by atoms with Crippen LogP contribution in [0.3, 0.4) is 0 Å². The zero-order chi connectivity index (χ0) is 36.4. The molecule has 4 heterocycles. The van der Waals surface area contributed by atoms with Gasteiger partial charge in [-0.15, -0.1) is 23.5 Å². The van der Waals surface area contributed by atoms with Crippen LogP contribution in [0.15, 0.2) is 88.7 Å². The van der Waals surface area contributed by atoms with Gasteiger partial charge in [-0.1, -0.05) is 23.2 Å². The molecule has 4 amide bonds. The van der Waals surface area contributed by atoms with Gasteiger partial charge in [-0.25, -0.2) is 9.18 Å². The lowest BCUT2D eigenvalue weighted by Crippen LogP contribution is -2.70. The first-order valence-electron chi connectivity index (χ1n) is 15.4. The average molecular weight is 774 g/mol. The third-order valence-corrected chi connectivity index (χ3v) is 11.3. The minimum atomic E-state index is -1.31. The van der Waals surface area contributed by atoms with E-state index in [1.54, 1.807) is 58.3 Å². The molecule has 12 nitrogen and oxygen atoms in total. The van der Waals surface area contributed by atoms with E-state index in [-0.39, 0.29) is 41.9 Å². The van der Waals surface area contributed by atoms with Gasteiger partial charge in [0.1, 0.15) is 17.1 Å². The maximum Gasteiger partial charge on any atom is 0.352 e. The molecule has 0 radical (unpaired) electrons. The Morgan fingerprint density at radius 1 is 1.08 bits per heavy atom. The Labute approximate surface area is 309 Å². The molecule has 3 aliphatic rings. The standard InChI is InChI=1S/C34H28Cl2FN5O7S2/c35-21-1-3-23(36)26(12-21)50-17-28(45)39-29-32(47)42-30(34(48)49)20(16-51-33(29)42)11-19-7-10-41(31(19)46)14-18-5-8-40(9-6-18)15-27(44)38-22-2-4-25(43)24(37)13-22/h1-6,8-9,11-13,29,33H,7,10,14-17H2,(H3-,38,39,43,44,45,48,49)/p+1/b19-11+. The molecule has 17 heteroatoms. The highest BCUT2D eigenvalue weighted by atomic mass is 35.5. The maximum atomic E-state index is 13.6. The number of β-lactam (4-membered cyclic amide) rings is 1. The number of hydrogen-bond acceptors (Lipinski definition) is 8. The highest BCUT2D eigenvalue weighted by Crippen LogP contribution is 2.41. The number of carboxylic acid groups (broad SMARTS) is 1. The SMILES string of the molecule is O=C(C[n+]1ccc(CN2CC/C(=C\C3=C(C(=O)O)N4C(=O)C(NC(=O)CSc5cc(Cl)ccc5Cl)C4SC3)C2=O)cc1)Nc1ccc(O)c(F)c1. The molecule has 6 rings (SSSR count). The molecule has 1 aromatic heterocycles. The van der Waals surface area contributed by atoms with Crippen molar-refractivity contribution in [3.63, 3.8) is 0 Å². The van der Waals surface area contributed by atoms with Crippen molar-refractivity contribution >= 4 is 82.0 Å². The lowest BCUT2D eigenvalue weighted by Gasteiger charge is -2.49. The number of phenols is 1. The van der Waals surface area contributed by atoms with Gasteiger partial charge in [-0.05, 0) is 54.0 Å². The number of benzene rings is 2. The van der Waals surface area contributed by atoms with Gasteiger partial charge < -0.3 is 25.7 Å². The van der Waals surface area contributed by atoms with E-state index in [1.807, 2.05) is 0 Å². The average Bonchev–Trinajstić information content (AvgIpc) is 3.43. The summed E-state index contributed by atoms with van der Waals surface area (Å²) in [6, 6.07) is 11.1. The number of carbonyl (C=O) groups is 5. The van der Waals surface area contributed by atoms with Gasteiger partial charge >= 0.3 is 5.97 Å². The van der Waals surface area contributed by atoms with Gasteiger partial charge in [0, 0.05) is 58.2 Å². The topological polar surface area (TPSA) is 160 Å². The molecule has 3 aliphatic heterocycles. The molecular weight excluding hydrogens is 744 g/mol. The van der Waals surface area contributed by atoms with E-state index in [9.17, 15) is 38.6 Å². The predicted molar refractivity (Wildman–Crippen MR) is 188 cm³/mol. The molecule has 0 bridgehead atoms. The first kappa shape index (κ1) is 36.2. The molecule has 3 aromatic rings. The number of phenolic OH excluding ortho intramolecular Hbond substituents is 1. The number of carboxylic acids is 1. The van der Waals surface area contributed by atoms with Crippen LogP contribution in [0.5, 0.6) is 5.75 Å². The van der Waals surface area contributed by atoms with Crippen molar-refractivity contribution < 1.29 is 43.1 Å². The zero-order valence-electron chi connectivity index (χ0n) is 26.5. The van der Waals surface area contributed by atoms with Crippen LogP contribution in [0, 0.1) is 5.82 Å². The summed E-state index contributed by atoms with van der Waals surface area (Å²) in [5.74, 6) is -4.09. The number of rotatable bonds is 11. The molecule has 2 saturated heterocycles. The third-order valence-electron chi connectivity index (χ3n) is 8.22. The smallest absolute Gasteiger partial charge is 0.352 e. The number of likely N-dealkylation sites (tertiary alicyclic amines) is 1. The highest BCUT2D eigenvalue weighted by molar-refractivity contribution is 8.00. The summed E-state index contributed by atoms with van der Waals surface area (Å²) in [5, 5.41) is 25.0. The van der Waals surface area contributed by atoms with Gasteiger partial charge in [0.05, 0.1) is 10.8 Å². The Morgan fingerprint density at radius 3 is 2.57 bits per heavy atom. The zero-order valence-corrected chi connectivity index (χ0v) is 29.6. The minimum absolute atomic E-state index is 0.0235. The van der Waals surface area contributed by atoms with E-state index in [4.69, 9.17) is 23.2 Å². The fourth-order valence-corrected chi connectivity index (χ4v) is 8.34. The Balaban J connectivity index is 1.04. The summed E-state index contributed by atoms with van der Waals surface area (Å²) in [7, 11) is 0. The summed E-state index contributed by atoms with van der Waals surface area (Å²) in [6.07, 6.45) is 5.29. The normalized spacial score (nSPS) is 19.2. The number of hydrogen-bond donors (Lipinski definition) is 4. The van der Waals surface area contributed by atoms with Crippen LogP contribution in [0.4, 0.5) is 10.1 Å². The van der Waals surface area contributed by atoms with E-state index in [1.165, 1.54) is 29.6 Å². The highest BCUT2D eigenvalue weighted by Gasteiger charge is 2.54. The van der Waals surface area contributed by atoms with Crippen molar-refractivity contribution in [2.75, 3.05) is 23.4 Å². The van der Waals surface area contributed by atoms with E-state index >= 15 is 0 Å². The van der Waals surface area contributed by atoms with Crippen LogP contribution >= 0.6 is 46.7 Å². The van der Waals surface area contributed by atoms with Crippen molar-refractivity contribution in [2.24, 2.45) is 0 Å². The van der Waals surface area contributed by atoms with Crippen LogP contribution in [0.1, 0.15) is 12.0 Å². The first-order chi connectivity index (χ1) is 24.4. The van der Waals surface area contributed by atoms with Crippen molar-refractivity contribution in [3.05, 3.63) is 105 Å². The second kappa shape index (κ2) is 15.4. The van der Waals surface area contributed by atoms with Crippen LogP contribution in [-0.4, -0.2) is 79.1 Å². The van der Waals surface area contributed by atoms with Crippen molar-refractivity contribution in [2.45, 2.75) is 35.8 Å². The van der Waals surface area contributed by atoms with Gasteiger partial charge in [0.25, 0.3) is 11.8 Å². The predicted octanol–water partition coefficient (Wildman–Crippen LogP) is 3.95. The number of nitrogens with one attached hydrogen (secondary N) is 2. The number of thioether (sulfide) groups is 2. The second-order valence-corrected chi connectivity index (χ2v) is 14.7. The Bertz CT molecular complexity index is 2010. The minimum Gasteiger partial charge on any atom is -0.505 e. The van der Waals surface area contributed by atoms with Crippen molar-refractivity contribution in [3.8, 4) is 5.75 Å². The lowest BCUT2D eigenvalue weighted by atomic mass is 10.0. The summed E-state index contributed by atoms with van der Waals surface area (Å²) < 4.78 is 15.2. The molecule has 2 fully saturated rings. The van der Waals surface area contributed by atoms with E-state index in [2.05, 4.69) is 10.6 Å². The van der Waals surface area contributed by atoms with Crippen LogP contribution in [-0.2, 0) is 37.1 Å². The molecule has 2 atom stereocenters. The van der Waals surface area contributed by atoms with Gasteiger partial charge in [-0.2, -0.15) is 4.57 Å². The van der Waals surface area contributed by atoms with Gasteiger partial charge in [0.2, 0.25) is 18.4 Å². The van der Waals surface area contributed by atoms with Crippen molar-refractivity contribution in [1.29, 1.82) is 0 Å². The maximum absolute atomic E-state index is 13.6. The molecule has 0 aliphatic carbocycles.